The molecule has 0 heterocycles. The molecule has 0 radical (unpaired) electrons. The number of aliphatic hydroxyl groups is 1. The zero-order valence-corrected chi connectivity index (χ0v) is 7.36. The van der Waals surface area contributed by atoms with Gasteiger partial charge in [-0.25, -0.2) is 0 Å². The fraction of sp³-hybridized carbons (Fsp3) is 0.364. The molecule has 0 saturated heterocycles. The third-order valence-corrected chi connectivity index (χ3v) is 2.67. The molecule has 13 heavy (non-hydrogen) atoms. The van der Waals surface area contributed by atoms with Gasteiger partial charge in [0.05, 0.1) is 12.0 Å². The van der Waals surface area contributed by atoms with Crippen molar-refractivity contribution in [1.29, 1.82) is 0 Å². The molecular weight excluding hydrogens is 164 g/mol. The fourth-order valence-electron chi connectivity index (χ4n) is 1.50. The van der Waals surface area contributed by atoms with Gasteiger partial charge >= 0.3 is 0 Å². The molecule has 2 nitrogen and oxygen atoms in total. The van der Waals surface area contributed by atoms with Gasteiger partial charge in [0.1, 0.15) is 0 Å². The molecule has 2 heteroatoms. The molecule has 0 amide bonds. The third kappa shape index (κ3) is 1.38. The van der Waals surface area contributed by atoms with Crippen LogP contribution < -0.4 is 0 Å². The number of hydrogen-bond acceptors (Lipinski definition) is 2. The van der Waals surface area contributed by atoms with Crippen LogP contribution >= 0.6 is 0 Å². The molecule has 1 fully saturated rings. The highest BCUT2D eigenvalue weighted by molar-refractivity contribution is 6.02. The first kappa shape index (κ1) is 8.45. The number of hydrogen-bond donors (Lipinski definition) is 1. The molecule has 0 atom stereocenters. The van der Waals surface area contributed by atoms with Crippen LogP contribution in [0.25, 0.3) is 0 Å². The van der Waals surface area contributed by atoms with Gasteiger partial charge in [-0.1, -0.05) is 30.3 Å². The van der Waals surface area contributed by atoms with E-state index in [0.717, 1.165) is 12.8 Å². The maximum Gasteiger partial charge on any atom is 0.171 e. The summed E-state index contributed by atoms with van der Waals surface area (Å²) in [5, 5.41) is 9.07. The molecule has 1 aliphatic carbocycles. The zero-order chi connectivity index (χ0) is 9.31. The van der Waals surface area contributed by atoms with Crippen LogP contribution in [0.15, 0.2) is 30.3 Å². The number of ketones is 1. The van der Waals surface area contributed by atoms with Crippen molar-refractivity contribution in [3.8, 4) is 0 Å². The number of carbonyl (C=O) groups is 1. The maximum absolute atomic E-state index is 11.8. The Morgan fingerprint density at radius 2 is 1.92 bits per heavy atom. The minimum atomic E-state index is -0.429. The lowest BCUT2D eigenvalue weighted by Crippen LogP contribution is -2.19. The molecule has 68 valence electrons. The Morgan fingerprint density at radius 1 is 1.31 bits per heavy atom. The van der Waals surface area contributed by atoms with Crippen molar-refractivity contribution >= 4 is 5.78 Å². The summed E-state index contributed by atoms with van der Waals surface area (Å²) >= 11 is 0. The first-order valence-corrected chi connectivity index (χ1v) is 4.49. The molecular formula is C11H12O2. The Morgan fingerprint density at radius 3 is 2.38 bits per heavy atom. The van der Waals surface area contributed by atoms with Crippen LogP contribution in [0, 0.1) is 5.41 Å². The van der Waals surface area contributed by atoms with Crippen LogP contribution in [-0.4, -0.2) is 17.5 Å². The molecule has 1 N–H and O–H groups in total. The highest BCUT2D eigenvalue weighted by Crippen LogP contribution is 2.47. The smallest absolute Gasteiger partial charge is 0.171 e. The Bertz CT molecular complexity index is 312. The van der Waals surface area contributed by atoms with E-state index in [2.05, 4.69) is 0 Å². The second kappa shape index (κ2) is 2.96. The van der Waals surface area contributed by atoms with Crippen molar-refractivity contribution < 1.29 is 9.90 Å². The van der Waals surface area contributed by atoms with Gasteiger partial charge in [0.25, 0.3) is 0 Å². The van der Waals surface area contributed by atoms with E-state index in [0.29, 0.717) is 5.56 Å². The normalized spacial score (nSPS) is 18.2. The Balaban J connectivity index is 2.24. The van der Waals surface area contributed by atoms with E-state index in [9.17, 15) is 4.79 Å². The summed E-state index contributed by atoms with van der Waals surface area (Å²) in [6.45, 7) is -0.0132. The highest BCUT2D eigenvalue weighted by Gasteiger charge is 2.49. The van der Waals surface area contributed by atoms with E-state index in [1.165, 1.54) is 0 Å². The summed E-state index contributed by atoms with van der Waals surface area (Å²) in [5.74, 6) is 0.0931. The standard InChI is InChI=1S/C11H12O2/c12-8-11(6-7-11)10(13)9-4-2-1-3-5-9/h1-5,12H,6-8H2. The summed E-state index contributed by atoms with van der Waals surface area (Å²) in [6, 6.07) is 9.19. The topological polar surface area (TPSA) is 37.3 Å². The summed E-state index contributed by atoms with van der Waals surface area (Å²) < 4.78 is 0. The molecule has 0 unspecified atom stereocenters. The van der Waals surface area contributed by atoms with Crippen molar-refractivity contribution in [1.82, 2.24) is 0 Å². The molecule has 1 saturated carbocycles. The van der Waals surface area contributed by atoms with Crippen molar-refractivity contribution in [2.24, 2.45) is 5.41 Å². The lowest BCUT2D eigenvalue weighted by Gasteiger charge is -2.09. The van der Waals surface area contributed by atoms with Crippen LogP contribution in [-0.2, 0) is 0 Å². The number of benzene rings is 1. The Labute approximate surface area is 77.2 Å². The maximum atomic E-state index is 11.8. The molecule has 1 aromatic carbocycles. The fourth-order valence-corrected chi connectivity index (χ4v) is 1.50. The third-order valence-electron chi connectivity index (χ3n) is 2.67. The van der Waals surface area contributed by atoms with Crippen LogP contribution in [0.1, 0.15) is 23.2 Å². The zero-order valence-electron chi connectivity index (χ0n) is 7.36. The largest absolute Gasteiger partial charge is 0.395 e. The second-order valence-corrected chi connectivity index (χ2v) is 3.63. The van der Waals surface area contributed by atoms with Crippen LogP contribution in [0.3, 0.4) is 0 Å². The van der Waals surface area contributed by atoms with Gasteiger partial charge < -0.3 is 5.11 Å². The van der Waals surface area contributed by atoms with E-state index in [4.69, 9.17) is 5.11 Å². The van der Waals surface area contributed by atoms with Gasteiger partial charge in [0.15, 0.2) is 5.78 Å². The van der Waals surface area contributed by atoms with Gasteiger partial charge in [0, 0.05) is 5.56 Å². The minimum Gasteiger partial charge on any atom is -0.395 e. The quantitative estimate of drug-likeness (QED) is 0.711. The summed E-state index contributed by atoms with van der Waals surface area (Å²) in [7, 11) is 0. The number of carbonyl (C=O) groups excluding carboxylic acids is 1. The van der Waals surface area contributed by atoms with Gasteiger partial charge in [0.2, 0.25) is 0 Å². The van der Waals surface area contributed by atoms with Gasteiger partial charge in [-0.05, 0) is 12.8 Å². The summed E-state index contributed by atoms with van der Waals surface area (Å²) in [5.41, 5.74) is 0.288. The Kier molecular flexibility index (Phi) is 1.93. The first-order valence-electron chi connectivity index (χ1n) is 4.49. The Hall–Kier alpha value is -1.15. The molecule has 0 aromatic heterocycles. The molecule has 0 bridgehead atoms. The van der Waals surface area contributed by atoms with Gasteiger partial charge in [-0.2, -0.15) is 0 Å². The van der Waals surface area contributed by atoms with Crippen molar-refractivity contribution in [3.05, 3.63) is 35.9 Å². The lowest BCUT2D eigenvalue weighted by atomic mass is 9.96. The predicted molar refractivity (Wildman–Crippen MR) is 49.5 cm³/mol. The minimum absolute atomic E-state index is 0.0132. The number of Topliss-reactive ketones (excluding diaryl/α,β-unsaturated/α-hetero) is 1. The molecule has 2 rings (SSSR count). The molecule has 0 aliphatic heterocycles. The molecule has 1 aliphatic rings. The molecule has 1 aromatic rings. The van der Waals surface area contributed by atoms with E-state index < -0.39 is 5.41 Å². The van der Waals surface area contributed by atoms with E-state index >= 15 is 0 Å². The van der Waals surface area contributed by atoms with Crippen LogP contribution in [0.2, 0.25) is 0 Å². The average Bonchev–Trinajstić information content (AvgIpc) is 2.99. The van der Waals surface area contributed by atoms with Crippen molar-refractivity contribution in [2.45, 2.75) is 12.8 Å². The van der Waals surface area contributed by atoms with Crippen molar-refractivity contribution in [3.63, 3.8) is 0 Å². The monoisotopic (exact) mass is 176 g/mol. The summed E-state index contributed by atoms with van der Waals surface area (Å²) in [6.07, 6.45) is 1.66. The predicted octanol–water partition coefficient (Wildman–Crippen LogP) is 1.64. The average molecular weight is 176 g/mol. The van der Waals surface area contributed by atoms with E-state index in [-0.39, 0.29) is 12.4 Å². The van der Waals surface area contributed by atoms with Gasteiger partial charge in [-0.3, -0.25) is 4.79 Å². The van der Waals surface area contributed by atoms with E-state index in [1.807, 2.05) is 18.2 Å². The van der Waals surface area contributed by atoms with Crippen molar-refractivity contribution in [2.75, 3.05) is 6.61 Å². The second-order valence-electron chi connectivity index (χ2n) is 3.63. The molecule has 0 spiro atoms. The number of aliphatic hydroxyl groups excluding tert-OH is 1. The van der Waals surface area contributed by atoms with E-state index in [1.54, 1.807) is 12.1 Å². The van der Waals surface area contributed by atoms with Gasteiger partial charge in [-0.15, -0.1) is 0 Å². The van der Waals surface area contributed by atoms with Crippen LogP contribution in [0.4, 0.5) is 0 Å². The first-order chi connectivity index (χ1) is 6.28. The number of rotatable bonds is 3. The highest BCUT2D eigenvalue weighted by atomic mass is 16.3. The SMILES string of the molecule is O=C(c1ccccc1)C1(CO)CC1. The summed E-state index contributed by atoms with van der Waals surface area (Å²) in [4.78, 5) is 11.8. The lowest BCUT2D eigenvalue weighted by molar-refractivity contribution is 0.0829. The van der Waals surface area contributed by atoms with Crippen LogP contribution in [0.5, 0.6) is 0 Å².